The van der Waals surface area contributed by atoms with Crippen molar-refractivity contribution in [2.75, 3.05) is 10.7 Å². The normalized spacial score (nSPS) is 14.2. The number of carbonyl (C=O) groups excluding carboxylic acids is 1. The first-order valence-corrected chi connectivity index (χ1v) is 10.5. The first-order valence-electron chi connectivity index (χ1n) is 9.69. The van der Waals surface area contributed by atoms with Crippen LogP contribution in [0.15, 0.2) is 62.5 Å². The first kappa shape index (κ1) is 20.8. The third-order valence-electron chi connectivity index (χ3n) is 5.03. The maximum Gasteiger partial charge on any atom is 0.291 e. The Morgan fingerprint density at radius 2 is 1.77 bits per heavy atom. The van der Waals surface area contributed by atoms with Crippen LogP contribution in [0.3, 0.4) is 0 Å². The molecule has 31 heavy (non-hydrogen) atoms. The van der Waals surface area contributed by atoms with E-state index in [0.29, 0.717) is 11.4 Å². The van der Waals surface area contributed by atoms with Crippen LogP contribution in [0.4, 0.5) is 17.1 Å². The molecule has 0 fully saturated rings. The average Bonchev–Trinajstić information content (AvgIpc) is 3.11. The van der Waals surface area contributed by atoms with Gasteiger partial charge in [-0.3, -0.25) is 20.3 Å². The van der Waals surface area contributed by atoms with Crippen LogP contribution in [0.1, 0.15) is 40.3 Å². The summed E-state index contributed by atoms with van der Waals surface area (Å²) in [6.07, 6.45) is 2.33. The molecule has 0 saturated heterocycles. The number of nitro benzene ring substituents is 1. The van der Waals surface area contributed by atoms with Crippen molar-refractivity contribution in [3.8, 4) is 0 Å². The number of amides is 1. The van der Waals surface area contributed by atoms with Crippen molar-refractivity contribution in [2.24, 2.45) is 5.10 Å². The number of carbonyl (C=O) groups is 1. The van der Waals surface area contributed by atoms with Crippen LogP contribution in [-0.2, 0) is 6.42 Å². The van der Waals surface area contributed by atoms with E-state index < -0.39 is 4.92 Å². The van der Waals surface area contributed by atoms with Crippen LogP contribution in [0.25, 0.3) is 0 Å². The lowest BCUT2D eigenvalue weighted by atomic mass is 9.93. The van der Waals surface area contributed by atoms with E-state index in [1.807, 2.05) is 19.1 Å². The predicted octanol–water partition coefficient (Wildman–Crippen LogP) is 5.66. The highest BCUT2D eigenvalue weighted by Gasteiger charge is 2.28. The number of hydrogen-bond donors (Lipinski definition) is 2. The molecule has 0 spiro atoms. The summed E-state index contributed by atoms with van der Waals surface area (Å²) in [5.41, 5.74) is 6.67. The Balaban J connectivity index is 1.56. The molecule has 1 aromatic heterocycles. The second-order valence-electron chi connectivity index (χ2n) is 7.14. The molecule has 8 nitrogen and oxygen atoms in total. The molecular weight excluding hydrogens is 464 g/mol. The zero-order valence-corrected chi connectivity index (χ0v) is 18.2. The smallest absolute Gasteiger partial charge is 0.291 e. The summed E-state index contributed by atoms with van der Waals surface area (Å²) in [5, 5.41) is 18.1. The number of furan rings is 1. The van der Waals surface area contributed by atoms with Gasteiger partial charge in [-0.25, -0.2) is 0 Å². The Hall–Kier alpha value is -3.46. The van der Waals surface area contributed by atoms with Gasteiger partial charge in [-0.2, -0.15) is 5.10 Å². The summed E-state index contributed by atoms with van der Waals surface area (Å²) in [4.78, 5) is 23.1. The van der Waals surface area contributed by atoms with E-state index >= 15 is 0 Å². The summed E-state index contributed by atoms with van der Waals surface area (Å²) in [5.74, 6) is 0.712. The number of benzene rings is 2. The summed E-state index contributed by atoms with van der Waals surface area (Å²) in [7, 11) is 0. The third kappa shape index (κ3) is 4.51. The van der Waals surface area contributed by atoms with Gasteiger partial charge in [0.15, 0.2) is 5.76 Å². The summed E-state index contributed by atoms with van der Waals surface area (Å²) in [6.45, 7) is 1.85. The van der Waals surface area contributed by atoms with Gasteiger partial charge in [0.05, 0.1) is 16.3 Å². The number of hydrogen-bond acceptors (Lipinski definition) is 6. The number of fused-ring (bicyclic) bond motifs is 1. The minimum absolute atomic E-state index is 0.0188. The van der Waals surface area contributed by atoms with Crippen molar-refractivity contribution < 1.29 is 14.1 Å². The third-order valence-corrected chi connectivity index (χ3v) is 5.56. The number of anilines is 2. The molecule has 1 heterocycles. The van der Waals surface area contributed by atoms with Crippen LogP contribution >= 0.6 is 15.9 Å². The molecule has 1 aliphatic rings. The van der Waals surface area contributed by atoms with Crippen LogP contribution in [-0.4, -0.2) is 16.5 Å². The largest absolute Gasteiger partial charge is 0.455 e. The zero-order chi connectivity index (χ0) is 22.0. The molecule has 1 aliphatic carbocycles. The van der Waals surface area contributed by atoms with Gasteiger partial charge >= 0.3 is 0 Å². The van der Waals surface area contributed by atoms with E-state index in [4.69, 9.17) is 4.42 Å². The van der Waals surface area contributed by atoms with E-state index in [9.17, 15) is 14.9 Å². The maximum absolute atomic E-state index is 12.8. The Morgan fingerprint density at radius 3 is 2.45 bits per heavy atom. The highest BCUT2D eigenvalue weighted by molar-refractivity contribution is 9.10. The molecule has 1 amide bonds. The lowest BCUT2D eigenvalue weighted by Gasteiger charge is -2.13. The van der Waals surface area contributed by atoms with Crippen LogP contribution in [0.5, 0.6) is 0 Å². The average molecular weight is 483 g/mol. The Bertz CT molecular complexity index is 1170. The number of halogens is 1. The van der Waals surface area contributed by atoms with Crippen molar-refractivity contribution in [2.45, 2.75) is 26.2 Å². The lowest BCUT2D eigenvalue weighted by molar-refractivity contribution is -0.384. The molecule has 0 atom stereocenters. The van der Waals surface area contributed by atoms with Crippen molar-refractivity contribution in [3.63, 3.8) is 0 Å². The van der Waals surface area contributed by atoms with Gasteiger partial charge in [0.25, 0.3) is 11.6 Å². The minimum atomic E-state index is -0.446. The quantitative estimate of drug-likeness (QED) is 0.359. The fourth-order valence-corrected chi connectivity index (χ4v) is 3.77. The number of nitrogens with one attached hydrogen (secondary N) is 2. The Kier molecular flexibility index (Phi) is 5.85. The second-order valence-corrected chi connectivity index (χ2v) is 8.06. The molecule has 0 unspecified atom stereocenters. The van der Waals surface area contributed by atoms with Crippen molar-refractivity contribution >= 4 is 44.6 Å². The Morgan fingerprint density at radius 1 is 1.10 bits per heavy atom. The van der Waals surface area contributed by atoms with Gasteiger partial charge in [0.2, 0.25) is 0 Å². The number of non-ortho nitro benzene ring substituents is 1. The fourth-order valence-electron chi connectivity index (χ4n) is 3.51. The number of nitrogens with zero attached hydrogens (tertiary/aromatic N) is 2. The van der Waals surface area contributed by atoms with E-state index in [2.05, 4.69) is 31.8 Å². The topological polar surface area (TPSA) is 110 Å². The highest BCUT2D eigenvalue weighted by Crippen LogP contribution is 2.31. The van der Waals surface area contributed by atoms with Gasteiger partial charge in [-0.1, -0.05) is 15.9 Å². The molecule has 0 aliphatic heterocycles. The zero-order valence-electron chi connectivity index (χ0n) is 16.6. The van der Waals surface area contributed by atoms with E-state index in [0.717, 1.165) is 46.3 Å². The standard InChI is InChI=1S/C22H19BrN4O4/c1-13-20-18(26-25-16-9-11-17(12-10-16)27(29)30)3-2-4-19(20)31-21(13)22(28)24-15-7-5-14(23)6-8-15/h5-12,25H,2-4H2,1H3,(H,24,28)/b26-18+. The SMILES string of the molecule is Cc1c(C(=O)Nc2ccc(Br)cc2)oc2c1/C(=N/Nc1ccc([N+](=O)[O-])cc1)CCC2. The Labute approximate surface area is 186 Å². The van der Waals surface area contributed by atoms with Crippen LogP contribution in [0, 0.1) is 17.0 Å². The molecule has 0 bridgehead atoms. The highest BCUT2D eigenvalue weighted by atomic mass is 79.9. The maximum atomic E-state index is 12.8. The monoisotopic (exact) mass is 482 g/mol. The van der Waals surface area contributed by atoms with E-state index in [1.165, 1.54) is 12.1 Å². The van der Waals surface area contributed by atoms with Gasteiger partial charge < -0.3 is 9.73 Å². The molecule has 0 radical (unpaired) electrons. The molecule has 2 N–H and O–H groups in total. The minimum Gasteiger partial charge on any atom is -0.455 e. The van der Waals surface area contributed by atoms with E-state index in [-0.39, 0.29) is 17.4 Å². The van der Waals surface area contributed by atoms with Crippen LogP contribution in [0.2, 0.25) is 0 Å². The van der Waals surface area contributed by atoms with Crippen molar-refractivity contribution in [3.05, 3.63) is 85.8 Å². The number of nitro groups is 1. The van der Waals surface area contributed by atoms with Gasteiger partial charge in [-0.15, -0.1) is 0 Å². The predicted molar refractivity (Wildman–Crippen MR) is 122 cm³/mol. The lowest BCUT2D eigenvalue weighted by Crippen LogP contribution is -2.14. The summed E-state index contributed by atoms with van der Waals surface area (Å²) >= 11 is 3.37. The molecule has 3 aromatic rings. The number of hydrazone groups is 1. The van der Waals surface area contributed by atoms with Gasteiger partial charge in [0, 0.05) is 39.8 Å². The van der Waals surface area contributed by atoms with Gasteiger partial charge in [0.1, 0.15) is 5.76 Å². The number of aryl methyl sites for hydroxylation is 1. The molecule has 158 valence electrons. The van der Waals surface area contributed by atoms with Gasteiger partial charge in [-0.05, 0) is 56.2 Å². The van der Waals surface area contributed by atoms with Crippen molar-refractivity contribution in [1.82, 2.24) is 0 Å². The first-order chi connectivity index (χ1) is 14.9. The molecule has 9 heteroatoms. The summed E-state index contributed by atoms with van der Waals surface area (Å²) in [6, 6.07) is 13.4. The molecule has 2 aromatic carbocycles. The molecule has 0 saturated carbocycles. The summed E-state index contributed by atoms with van der Waals surface area (Å²) < 4.78 is 6.84. The molecule has 4 rings (SSSR count). The van der Waals surface area contributed by atoms with Crippen LogP contribution < -0.4 is 10.7 Å². The van der Waals surface area contributed by atoms with Crippen molar-refractivity contribution in [1.29, 1.82) is 0 Å². The fraction of sp³-hybridized carbons (Fsp3) is 0.182. The number of rotatable bonds is 5. The molecular formula is C22H19BrN4O4. The van der Waals surface area contributed by atoms with E-state index in [1.54, 1.807) is 24.3 Å². The second kappa shape index (κ2) is 8.73.